The molecule has 3 nitrogen and oxygen atoms in total. The second-order valence-electron chi connectivity index (χ2n) is 3.95. The van der Waals surface area contributed by atoms with Crippen LogP contribution in [0.3, 0.4) is 0 Å². The maximum absolute atomic E-state index is 11.9. The van der Waals surface area contributed by atoms with Gasteiger partial charge >= 0.3 is 0 Å². The minimum Gasteiger partial charge on any atom is -0.368 e. The standard InChI is InChI=1S/C12H13BrClNO2/c13-11-8(14)4-3-5-9(11)15-12(16)10-6-1-2-7-17-10/h3-5,10H,1-2,6-7H2,(H,15,16). The zero-order valence-corrected chi connectivity index (χ0v) is 11.6. The Balaban J connectivity index is 2.04. The topological polar surface area (TPSA) is 38.3 Å². The number of carbonyl (C=O) groups is 1. The van der Waals surface area contributed by atoms with Crippen LogP contribution >= 0.6 is 27.5 Å². The predicted octanol–water partition coefficient (Wildman–Crippen LogP) is 3.61. The van der Waals surface area contributed by atoms with Crippen molar-refractivity contribution in [2.24, 2.45) is 0 Å². The second-order valence-corrected chi connectivity index (χ2v) is 5.15. The van der Waals surface area contributed by atoms with E-state index >= 15 is 0 Å². The third kappa shape index (κ3) is 3.21. The summed E-state index contributed by atoms with van der Waals surface area (Å²) in [6, 6.07) is 5.36. The summed E-state index contributed by atoms with van der Waals surface area (Å²) in [6.07, 6.45) is 2.51. The number of anilines is 1. The average molecular weight is 319 g/mol. The summed E-state index contributed by atoms with van der Waals surface area (Å²) in [5.74, 6) is -0.104. The first-order valence-corrected chi connectivity index (χ1v) is 6.72. The minimum absolute atomic E-state index is 0.104. The van der Waals surface area contributed by atoms with Crippen molar-refractivity contribution >= 4 is 39.1 Å². The number of rotatable bonds is 2. The summed E-state index contributed by atoms with van der Waals surface area (Å²) in [6.45, 7) is 0.662. The Hall–Kier alpha value is -0.580. The highest BCUT2D eigenvalue weighted by Crippen LogP contribution is 2.30. The van der Waals surface area contributed by atoms with Crippen LogP contribution in [-0.2, 0) is 9.53 Å². The fraction of sp³-hybridized carbons (Fsp3) is 0.417. The first-order valence-electron chi connectivity index (χ1n) is 5.55. The molecule has 1 amide bonds. The summed E-state index contributed by atoms with van der Waals surface area (Å²) in [4.78, 5) is 11.9. The van der Waals surface area contributed by atoms with Crippen molar-refractivity contribution in [3.05, 3.63) is 27.7 Å². The molecule has 1 fully saturated rings. The van der Waals surface area contributed by atoms with E-state index in [1.165, 1.54) is 0 Å². The number of amides is 1. The molecular formula is C12H13BrClNO2. The van der Waals surface area contributed by atoms with Crippen molar-refractivity contribution in [1.82, 2.24) is 0 Å². The molecule has 0 aromatic heterocycles. The Morgan fingerprint density at radius 3 is 3.00 bits per heavy atom. The van der Waals surface area contributed by atoms with Crippen molar-refractivity contribution < 1.29 is 9.53 Å². The van der Waals surface area contributed by atoms with Crippen LogP contribution in [0.4, 0.5) is 5.69 Å². The van der Waals surface area contributed by atoms with Gasteiger partial charge in [-0.15, -0.1) is 0 Å². The molecule has 5 heteroatoms. The van der Waals surface area contributed by atoms with Gasteiger partial charge in [-0.2, -0.15) is 0 Å². The highest BCUT2D eigenvalue weighted by molar-refractivity contribution is 9.10. The molecule has 1 unspecified atom stereocenters. The van der Waals surface area contributed by atoms with Crippen LogP contribution in [0.1, 0.15) is 19.3 Å². The van der Waals surface area contributed by atoms with E-state index in [1.807, 2.05) is 0 Å². The van der Waals surface area contributed by atoms with Crippen molar-refractivity contribution in [1.29, 1.82) is 0 Å². The molecule has 0 saturated carbocycles. The molecule has 0 spiro atoms. The maximum atomic E-state index is 11.9. The lowest BCUT2D eigenvalue weighted by atomic mass is 10.1. The normalized spacial score (nSPS) is 20.0. The second kappa shape index (κ2) is 5.85. The number of halogens is 2. The molecule has 92 valence electrons. The largest absolute Gasteiger partial charge is 0.368 e. The number of hydrogen-bond acceptors (Lipinski definition) is 2. The molecule has 1 N–H and O–H groups in total. The Morgan fingerprint density at radius 2 is 2.29 bits per heavy atom. The molecule has 0 aliphatic carbocycles. The monoisotopic (exact) mass is 317 g/mol. The summed E-state index contributed by atoms with van der Waals surface area (Å²) < 4.78 is 6.12. The lowest BCUT2D eigenvalue weighted by molar-refractivity contribution is -0.129. The molecule has 1 aliphatic heterocycles. The molecule has 1 saturated heterocycles. The third-order valence-corrected chi connectivity index (χ3v) is 4.08. The number of benzene rings is 1. The predicted molar refractivity (Wildman–Crippen MR) is 71.4 cm³/mol. The molecular weight excluding hydrogens is 305 g/mol. The van der Waals surface area contributed by atoms with Crippen LogP contribution in [0.15, 0.2) is 22.7 Å². The van der Waals surface area contributed by atoms with Gasteiger partial charge in [0.25, 0.3) is 5.91 Å². The number of hydrogen-bond donors (Lipinski definition) is 1. The van der Waals surface area contributed by atoms with Crippen LogP contribution < -0.4 is 5.32 Å². The van der Waals surface area contributed by atoms with E-state index in [-0.39, 0.29) is 12.0 Å². The molecule has 1 aromatic rings. The number of ether oxygens (including phenoxy) is 1. The van der Waals surface area contributed by atoms with Crippen molar-refractivity contribution in [2.45, 2.75) is 25.4 Å². The zero-order chi connectivity index (χ0) is 12.3. The van der Waals surface area contributed by atoms with E-state index in [0.717, 1.165) is 19.3 Å². The van der Waals surface area contributed by atoms with Crippen LogP contribution in [0.2, 0.25) is 5.02 Å². The van der Waals surface area contributed by atoms with Crippen LogP contribution in [0, 0.1) is 0 Å². The van der Waals surface area contributed by atoms with Gasteiger partial charge in [0.15, 0.2) is 0 Å². The minimum atomic E-state index is -0.338. The molecule has 1 heterocycles. The number of carbonyl (C=O) groups excluding carboxylic acids is 1. The molecule has 17 heavy (non-hydrogen) atoms. The van der Waals surface area contributed by atoms with Gasteiger partial charge in [0.05, 0.1) is 15.2 Å². The maximum Gasteiger partial charge on any atom is 0.253 e. The fourth-order valence-electron chi connectivity index (χ4n) is 1.76. The van der Waals surface area contributed by atoms with E-state index in [4.69, 9.17) is 16.3 Å². The lowest BCUT2D eigenvalue weighted by Gasteiger charge is -2.22. The first-order chi connectivity index (χ1) is 8.18. The Labute approximate surface area is 114 Å². The summed E-state index contributed by atoms with van der Waals surface area (Å²) >= 11 is 9.30. The van der Waals surface area contributed by atoms with E-state index in [1.54, 1.807) is 18.2 Å². The SMILES string of the molecule is O=C(Nc1cccc(Cl)c1Br)C1CCCCO1. The molecule has 1 aliphatic rings. The lowest BCUT2D eigenvalue weighted by Crippen LogP contribution is -2.33. The quantitative estimate of drug-likeness (QED) is 0.904. The summed E-state index contributed by atoms with van der Waals surface area (Å²) in [7, 11) is 0. The van der Waals surface area contributed by atoms with Crippen LogP contribution in [0.25, 0.3) is 0 Å². The van der Waals surface area contributed by atoms with Gasteiger partial charge in [-0.1, -0.05) is 17.7 Å². The highest BCUT2D eigenvalue weighted by Gasteiger charge is 2.22. The Bertz CT molecular complexity index is 419. The van der Waals surface area contributed by atoms with Crippen LogP contribution in [-0.4, -0.2) is 18.6 Å². The summed E-state index contributed by atoms with van der Waals surface area (Å²) in [5, 5.41) is 3.40. The first kappa shape index (κ1) is 12.9. The van der Waals surface area contributed by atoms with Gasteiger partial charge in [-0.05, 0) is 47.3 Å². The van der Waals surface area contributed by atoms with Gasteiger partial charge in [-0.3, -0.25) is 4.79 Å². The van der Waals surface area contributed by atoms with E-state index < -0.39 is 0 Å². The molecule has 0 bridgehead atoms. The van der Waals surface area contributed by atoms with Crippen molar-refractivity contribution in [3.63, 3.8) is 0 Å². The third-order valence-electron chi connectivity index (χ3n) is 2.68. The van der Waals surface area contributed by atoms with Crippen LogP contribution in [0.5, 0.6) is 0 Å². The molecule has 1 atom stereocenters. The van der Waals surface area contributed by atoms with Crippen molar-refractivity contribution in [3.8, 4) is 0 Å². The zero-order valence-electron chi connectivity index (χ0n) is 9.21. The smallest absolute Gasteiger partial charge is 0.253 e. The van der Waals surface area contributed by atoms with Gasteiger partial charge < -0.3 is 10.1 Å². The van der Waals surface area contributed by atoms with E-state index in [2.05, 4.69) is 21.2 Å². The fourth-order valence-corrected chi connectivity index (χ4v) is 2.30. The average Bonchev–Trinajstić information content (AvgIpc) is 2.36. The molecule has 2 rings (SSSR count). The van der Waals surface area contributed by atoms with Crippen molar-refractivity contribution in [2.75, 3.05) is 11.9 Å². The van der Waals surface area contributed by atoms with Gasteiger partial charge in [0.1, 0.15) is 6.10 Å². The van der Waals surface area contributed by atoms with E-state index in [0.29, 0.717) is 21.8 Å². The molecule has 0 radical (unpaired) electrons. The van der Waals surface area contributed by atoms with Gasteiger partial charge in [0, 0.05) is 6.61 Å². The Morgan fingerprint density at radius 1 is 1.47 bits per heavy atom. The molecule has 1 aromatic carbocycles. The van der Waals surface area contributed by atoms with Gasteiger partial charge in [0.2, 0.25) is 0 Å². The highest BCUT2D eigenvalue weighted by atomic mass is 79.9. The number of nitrogens with one attached hydrogen (secondary N) is 1. The van der Waals surface area contributed by atoms with E-state index in [9.17, 15) is 4.79 Å². The van der Waals surface area contributed by atoms with Gasteiger partial charge in [-0.25, -0.2) is 0 Å². The Kier molecular flexibility index (Phi) is 4.42. The summed E-state index contributed by atoms with van der Waals surface area (Å²) in [5.41, 5.74) is 0.677.